The SMILES string of the molecule is COc1ccc(C(O)(c2ccc(OC)cc2)[C@@H]2N[C@H]3CC[C@@H]2C3)cc1. The Bertz CT molecular complexity index is 678. The van der Waals surface area contributed by atoms with Gasteiger partial charge in [-0.15, -0.1) is 0 Å². The Balaban J connectivity index is 1.78. The first-order valence-corrected chi connectivity index (χ1v) is 8.92. The molecule has 25 heavy (non-hydrogen) atoms. The zero-order valence-electron chi connectivity index (χ0n) is 14.7. The first kappa shape index (κ1) is 16.4. The number of aliphatic hydroxyl groups is 1. The van der Waals surface area contributed by atoms with Gasteiger partial charge in [-0.1, -0.05) is 24.3 Å². The number of piperidine rings is 1. The van der Waals surface area contributed by atoms with Gasteiger partial charge in [0.25, 0.3) is 0 Å². The van der Waals surface area contributed by atoms with Crippen molar-refractivity contribution in [2.45, 2.75) is 36.9 Å². The van der Waals surface area contributed by atoms with E-state index in [4.69, 9.17) is 9.47 Å². The Hall–Kier alpha value is -2.04. The molecule has 4 heteroatoms. The van der Waals surface area contributed by atoms with Gasteiger partial charge >= 0.3 is 0 Å². The Morgan fingerprint density at radius 2 is 1.40 bits per heavy atom. The highest BCUT2D eigenvalue weighted by atomic mass is 16.5. The summed E-state index contributed by atoms with van der Waals surface area (Å²) in [6, 6.07) is 16.1. The fraction of sp³-hybridized carbons (Fsp3) is 0.429. The van der Waals surface area contributed by atoms with Crippen molar-refractivity contribution in [2.24, 2.45) is 5.92 Å². The molecule has 1 aliphatic heterocycles. The second-order valence-electron chi connectivity index (χ2n) is 7.14. The number of hydrogen-bond donors (Lipinski definition) is 2. The summed E-state index contributed by atoms with van der Waals surface area (Å²) in [7, 11) is 3.31. The molecule has 1 aliphatic carbocycles. The molecule has 1 heterocycles. The fourth-order valence-electron chi connectivity index (χ4n) is 4.54. The molecule has 0 radical (unpaired) electrons. The summed E-state index contributed by atoms with van der Waals surface area (Å²) in [4.78, 5) is 0. The third-order valence-electron chi connectivity index (χ3n) is 5.87. The smallest absolute Gasteiger partial charge is 0.130 e. The lowest BCUT2D eigenvalue weighted by Crippen LogP contribution is -2.52. The molecule has 0 spiro atoms. The average Bonchev–Trinajstić information content (AvgIpc) is 3.31. The highest BCUT2D eigenvalue weighted by Gasteiger charge is 2.51. The maximum absolute atomic E-state index is 12.0. The van der Waals surface area contributed by atoms with Crippen molar-refractivity contribution in [2.75, 3.05) is 14.2 Å². The molecular weight excluding hydrogens is 314 g/mol. The van der Waals surface area contributed by atoms with Crippen molar-refractivity contribution >= 4 is 0 Å². The van der Waals surface area contributed by atoms with Crippen LogP contribution in [0, 0.1) is 5.92 Å². The molecule has 0 unspecified atom stereocenters. The van der Waals surface area contributed by atoms with Gasteiger partial charge in [0.05, 0.1) is 14.2 Å². The van der Waals surface area contributed by atoms with E-state index in [9.17, 15) is 5.11 Å². The molecule has 3 atom stereocenters. The second-order valence-corrected chi connectivity index (χ2v) is 7.14. The third-order valence-corrected chi connectivity index (χ3v) is 5.87. The maximum atomic E-state index is 12.0. The lowest BCUT2D eigenvalue weighted by Gasteiger charge is -2.40. The van der Waals surface area contributed by atoms with Crippen LogP contribution in [0.25, 0.3) is 0 Å². The maximum Gasteiger partial charge on any atom is 0.130 e. The van der Waals surface area contributed by atoms with Gasteiger partial charge in [0.1, 0.15) is 17.1 Å². The molecule has 0 amide bonds. The average molecular weight is 339 g/mol. The van der Waals surface area contributed by atoms with Crippen LogP contribution < -0.4 is 14.8 Å². The Labute approximate surface area is 148 Å². The van der Waals surface area contributed by atoms with Crippen molar-refractivity contribution in [1.29, 1.82) is 0 Å². The summed E-state index contributed by atoms with van der Waals surface area (Å²) in [5, 5.41) is 15.6. The number of benzene rings is 2. The van der Waals surface area contributed by atoms with E-state index in [1.54, 1.807) is 14.2 Å². The molecule has 2 aromatic carbocycles. The van der Waals surface area contributed by atoms with Crippen molar-refractivity contribution in [3.8, 4) is 11.5 Å². The summed E-state index contributed by atoms with van der Waals surface area (Å²) in [6.07, 6.45) is 3.54. The monoisotopic (exact) mass is 339 g/mol. The van der Waals surface area contributed by atoms with Gasteiger partial charge in [-0.05, 0) is 60.6 Å². The van der Waals surface area contributed by atoms with Gasteiger partial charge in [-0.25, -0.2) is 0 Å². The van der Waals surface area contributed by atoms with Gasteiger partial charge in [-0.2, -0.15) is 0 Å². The molecule has 1 saturated carbocycles. The van der Waals surface area contributed by atoms with Crippen LogP contribution in [-0.2, 0) is 5.60 Å². The largest absolute Gasteiger partial charge is 0.497 e. The van der Waals surface area contributed by atoms with Crippen LogP contribution in [0.5, 0.6) is 11.5 Å². The molecule has 2 N–H and O–H groups in total. The number of rotatable bonds is 5. The van der Waals surface area contributed by atoms with E-state index in [2.05, 4.69) is 5.32 Å². The zero-order chi connectivity index (χ0) is 17.4. The van der Waals surface area contributed by atoms with Crippen LogP contribution >= 0.6 is 0 Å². The molecule has 2 aromatic rings. The van der Waals surface area contributed by atoms with Crippen LogP contribution in [0.2, 0.25) is 0 Å². The number of hydrogen-bond acceptors (Lipinski definition) is 4. The number of methoxy groups -OCH3 is 2. The lowest BCUT2D eigenvalue weighted by molar-refractivity contribution is 0.0202. The van der Waals surface area contributed by atoms with Gasteiger partial charge < -0.3 is 19.9 Å². The molecule has 0 aromatic heterocycles. The molecular formula is C21H25NO3. The van der Waals surface area contributed by atoms with E-state index in [-0.39, 0.29) is 6.04 Å². The van der Waals surface area contributed by atoms with Crippen molar-refractivity contribution in [3.05, 3.63) is 59.7 Å². The number of fused-ring (bicyclic) bond motifs is 2. The minimum Gasteiger partial charge on any atom is -0.497 e. The van der Waals surface area contributed by atoms with Crippen LogP contribution in [-0.4, -0.2) is 31.4 Å². The molecule has 132 valence electrons. The molecule has 4 rings (SSSR count). The van der Waals surface area contributed by atoms with Gasteiger partial charge in [0.15, 0.2) is 0 Å². The summed E-state index contributed by atoms with van der Waals surface area (Å²) in [5.41, 5.74) is 0.713. The Morgan fingerprint density at radius 1 is 0.880 bits per heavy atom. The minimum absolute atomic E-state index is 0.0213. The van der Waals surface area contributed by atoms with Crippen molar-refractivity contribution in [3.63, 3.8) is 0 Å². The lowest BCUT2D eigenvalue weighted by atomic mass is 9.75. The highest BCUT2D eigenvalue weighted by molar-refractivity contribution is 5.43. The Morgan fingerprint density at radius 3 is 1.76 bits per heavy atom. The topological polar surface area (TPSA) is 50.7 Å². The minimum atomic E-state index is -1.07. The fourth-order valence-corrected chi connectivity index (χ4v) is 4.54. The van der Waals surface area contributed by atoms with Gasteiger partial charge in [0, 0.05) is 12.1 Å². The molecule has 1 saturated heterocycles. The molecule has 4 nitrogen and oxygen atoms in total. The normalized spacial score (nSPS) is 25.2. The predicted molar refractivity (Wildman–Crippen MR) is 97.0 cm³/mol. The van der Waals surface area contributed by atoms with Crippen molar-refractivity contribution in [1.82, 2.24) is 5.32 Å². The number of ether oxygens (including phenoxy) is 2. The van der Waals surface area contributed by atoms with E-state index in [1.165, 1.54) is 12.8 Å². The first-order chi connectivity index (χ1) is 12.1. The standard InChI is InChI=1S/C21H25NO3/c1-24-18-9-4-15(5-10-18)21(23,16-6-11-19(25-2)12-7-16)20-14-3-8-17(13-14)22-20/h4-7,9-12,14,17,20,22-23H,3,8,13H2,1-2H3/t14-,17+,20-/m1/s1. The first-order valence-electron chi connectivity index (χ1n) is 8.92. The molecule has 2 bridgehead atoms. The van der Waals surface area contributed by atoms with Crippen LogP contribution in [0.3, 0.4) is 0 Å². The van der Waals surface area contributed by atoms with Crippen molar-refractivity contribution < 1.29 is 14.6 Å². The zero-order valence-corrected chi connectivity index (χ0v) is 14.7. The van der Waals surface area contributed by atoms with E-state index in [1.807, 2.05) is 48.5 Å². The second kappa shape index (κ2) is 6.36. The van der Waals surface area contributed by atoms with Gasteiger partial charge in [0.2, 0.25) is 0 Å². The summed E-state index contributed by atoms with van der Waals surface area (Å²) in [6.45, 7) is 0. The Kier molecular flexibility index (Phi) is 4.18. The van der Waals surface area contributed by atoms with E-state index in [0.717, 1.165) is 29.0 Å². The molecule has 2 fully saturated rings. The third kappa shape index (κ3) is 2.70. The molecule has 2 aliphatic rings. The van der Waals surface area contributed by atoms with E-state index >= 15 is 0 Å². The van der Waals surface area contributed by atoms with Crippen LogP contribution in [0.15, 0.2) is 48.5 Å². The highest BCUT2D eigenvalue weighted by Crippen LogP contribution is 2.46. The predicted octanol–water partition coefficient (Wildman–Crippen LogP) is 3.08. The van der Waals surface area contributed by atoms with Crippen LogP contribution in [0.1, 0.15) is 30.4 Å². The van der Waals surface area contributed by atoms with E-state index in [0.29, 0.717) is 12.0 Å². The summed E-state index contributed by atoms with van der Waals surface area (Å²) >= 11 is 0. The quantitative estimate of drug-likeness (QED) is 0.879. The van der Waals surface area contributed by atoms with Crippen LogP contribution in [0.4, 0.5) is 0 Å². The number of nitrogens with one attached hydrogen (secondary N) is 1. The summed E-state index contributed by atoms with van der Waals surface area (Å²) in [5.74, 6) is 2.09. The van der Waals surface area contributed by atoms with E-state index < -0.39 is 5.60 Å². The van der Waals surface area contributed by atoms with Gasteiger partial charge in [-0.3, -0.25) is 0 Å². The summed E-state index contributed by atoms with van der Waals surface area (Å²) < 4.78 is 10.6.